The topological polar surface area (TPSA) is 75.1 Å². The van der Waals surface area contributed by atoms with E-state index in [0.717, 1.165) is 11.5 Å². The molecule has 0 bridgehead atoms. The maximum atomic E-state index is 10.8. The predicted molar refractivity (Wildman–Crippen MR) is 65.0 cm³/mol. The van der Waals surface area contributed by atoms with Crippen LogP contribution < -0.4 is 5.32 Å². The van der Waals surface area contributed by atoms with Gasteiger partial charge in [0.1, 0.15) is 5.56 Å². The molecule has 0 unspecified atom stereocenters. The van der Waals surface area contributed by atoms with Crippen LogP contribution in [0, 0.1) is 0 Å². The number of nitrogens with one attached hydrogen (secondary N) is 1. The highest BCUT2D eigenvalue weighted by molar-refractivity contribution is 7.99. The number of carboxylic acids is 1. The molecule has 1 rings (SSSR count). The minimum atomic E-state index is -1.00. The first kappa shape index (κ1) is 12.5. The fourth-order valence-corrected chi connectivity index (χ4v) is 1.62. The average molecular weight is 239 g/mol. The summed E-state index contributed by atoms with van der Waals surface area (Å²) in [6, 6.07) is 1.43. The number of thioether (sulfide) groups is 1. The van der Waals surface area contributed by atoms with Crippen molar-refractivity contribution in [2.75, 3.05) is 23.4 Å². The van der Waals surface area contributed by atoms with Gasteiger partial charge in [-0.1, -0.05) is 6.08 Å². The first-order valence-corrected chi connectivity index (χ1v) is 5.88. The lowest BCUT2D eigenvalue weighted by Crippen LogP contribution is -2.11. The number of anilines is 1. The SMILES string of the molecule is C=CCSCCNc1nnccc1C(=O)O. The molecule has 0 aliphatic heterocycles. The second-order valence-corrected chi connectivity index (χ2v) is 4.04. The molecular weight excluding hydrogens is 226 g/mol. The summed E-state index contributed by atoms with van der Waals surface area (Å²) in [6.45, 7) is 4.26. The minimum Gasteiger partial charge on any atom is -0.478 e. The minimum absolute atomic E-state index is 0.142. The number of hydrogen-bond donors (Lipinski definition) is 2. The predicted octanol–water partition coefficient (Wildman–Crippen LogP) is 1.51. The van der Waals surface area contributed by atoms with Gasteiger partial charge >= 0.3 is 5.97 Å². The van der Waals surface area contributed by atoms with Gasteiger partial charge in [-0.05, 0) is 6.07 Å². The van der Waals surface area contributed by atoms with E-state index < -0.39 is 5.97 Å². The Bertz CT molecular complexity index is 371. The van der Waals surface area contributed by atoms with Crippen molar-refractivity contribution in [3.63, 3.8) is 0 Å². The van der Waals surface area contributed by atoms with Crippen molar-refractivity contribution >= 4 is 23.5 Å². The van der Waals surface area contributed by atoms with Crippen LogP contribution in [0.3, 0.4) is 0 Å². The zero-order chi connectivity index (χ0) is 11.8. The van der Waals surface area contributed by atoms with Crippen LogP contribution in [0.1, 0.15) is 10.4 Å². The fraction of sp³-hybridized carbons (Fsp3) is 0.300. The van der Waals surface area contributed by atoms with E-state index >= 15 is 0 Å². The highest BCUT2D eigenvalue weighted by Gasteiger charge is 2.10. The first-order chi connectivity index (χ1) is 7.75. The van der Waals surface area contributed by atoms with Crippen molar-refractivity contribution in [1.29, 1.82) is 0 Å². The van der Waals surface area contributed by atoms with E-state index in [-0.39, 0.29) is 5.56 Å². The molecule has 0 fully saturated rings. The molecular formula is C10H13N3O2S. The van der Waals surface area contributed by atoms with Crippen molar-refractivity contribution in [3.8, 4) is 0 Å². The number of carbonyl (C=O) groups is 1. The van der Waals surface area contributed by atoms with Gasteiger partial charge in [-0.2, -0.15) is 16.9 Å². The number of aromatic carboxylic acids is 1. The summed E-state index contributed by atoms with van der Waals surface area (Å²) in [5.74, 6) is 1.06. The molecule has 0 aliphatic rings. The zero-order valence-corrected chi connectivity index (χ0v) is 9.54. The Balaban J connectivity index is 2.47. The molecule has 1 aromatic rings. The van der Waals surface area contributed by atoms with Crippen molar-refractivity contribution in [1.82, 2.24) is 10.2 Å². The molecule has 16 heavy (non-hydrogen) atoms. The Hall–Kier alpha value is -1.56. The van der Waals surface area contributed by atoms with Crippen LogP contribution in [0.4, 0.5) is 5.82 Å². The third kappa shape index (κ3) is 3.90. The molecule has 0 aliphatic carbocycles. The summed E-state index contributed by atoms with van der Waals surface area (Å²) in [4.78, 5) is 10.8. The number of carboxylic acid groups (broad SMARTS) is 1. The van der Waals surface area contributed by atoms with Crippen LogP contribution in [0.2, 0.25) is 0 Å². The summed E-state index contributed by atoms with van der Waals surface area (Å²) in [5, 5.41) is 19.2. The largest absolute Gasteiger partial charge is 0.478 e. The summed E-state index contributed by atoms with van der Waals surface area (Å²) >= 11 is 1.71. The molecule has 0 aromatic carbocycles. The Morgan fingerprint density at radius 1 is 1.69 bits per heavy atom. The molecule has 86 valence electrons. The molecule has 1 heterocycles. The molecule has 0 radical (unpaired) electrons. The van der Waals surface area contributed by atoms with E-state index in [2.05, 4.69) is 22.1 Å². The third-order valence-electron chi connectivity index (χ3n) is 1.73. The number of nitrogens with zero attached hydrogens (tertiary/aromatic N) is 2. The van der Waals surface area contributed by atoms with Crippen molar-refractivity contribution in [3.05, 3.63) is 30.5 Å². The van der Waals surface area contributed by atoms with E-state index in [0.29, 0.717) is 12.4 Å². The lowest BCUT2D eigenvalue weighted by Gasteiger charge is -2.06. The van der Waals surface area contributed by atoms with Crippen LogP contribution in [0.5, 0.6) is 0 Å². The van der Waals surface area contributed by atoms with Gasteiger partial charge < -0.3 is 10.4 Å². The number of hydrogen-bond acceptors (Lipinski definition) is 5. The summed E-state index contributed by atoms with van der Waals surface area (Å²) in [5.41, 5.74) is 0.142. The monoisotopic (exact) mass is 239 g/mol. The molecule has 2 N–H and O–H groups in total. The molecule has 6 heteroatoms. The maximum Gasteiger partial charge on any atom is 0.339 e. The Kier molecular flexibility index (Phi) is 5.35. The van der Waals surface area contributed by atoms with Crippen molar-refractivity contribution in [2.24, 2.45) is 0 Å². The zero-order valence-electron chi connectivity index (χ0n) is 8.72. The van der Waals surface area contributed by atoms with Gasteiger partial charge in [0.15, 0.2) is 5.82 Å². The van der Waals surface area contributed by atoms with Crippen LogP contribution in [0.25, 0.3) is 0 Å². The van der Waals surface area contributed by atoms with E-state index in [1.54, 1.807) is 11.8 Å². The van der Waals surface area contributed by atoms with Crippen LogP contribution >= 0.6 is 11.8 Å². The van der Waals surface area contributed by atoms with E-state index in [1.807, 2.05) is 6.08 Å². The fourth-order valence-electron chi connectivity index (χ4n) is 1.04. The number of aromatic nitrogens is 2. The molecule has 0 spiro atoms. The van der Waals surface area contributed by atoms with Gasteiger partial charge in [0.25, 0.3) is 0 Å². The quantitative estimate of drug-likeness (QED) is 0.555. The van der Waals surface area contributed by atoms with Gasteiger partial charge in [-0.25, -0.2) is 4.79 Å². The molecule has 0 amide bonds. The lowest BCUT2D eigenvalue weighted by molar-refractivity contribution is 0.0697. The molecule has 0 atom stereocenters. The maximum absolute atomic E-state index is 10.8. The normalized spacial score (nSPS) is 9.75. The van der Waals surface area contributed by atoms with Gasteiger partial charge in [-0.3, -0.25) is 0 Å². The lowest BCUT2D eigenvalue weighted by atomic mass is 10.3. The summed E-state index contributed by atoms with van der Waals surface area (Å²) < 4.78 is 0. The Labute approximate surface area is 98.0 Å². The highest BCUT2D eigenvalue weighted by atomic mass is 32.2. The van der Waals surface area contributed by atoms with Crippen LogP contribution in [0.15, 0.2) is 24.9 Å². The standard InChI is InChI=1S/C10H13N3O2S/c1-2-6-16-7-5-11-9-8(10(14)15)3-4-12-13-9/h2-4H,1,5-7H2,(H,11,13)(H,14,15). The molecule has 0 saturated heterocycles. The molecule has 1 aromatic heterocycles. The van der Waals surface area contributed by atoms with Gasteiger partial charge in [0.2, 0.25) is 0 Å². The van der Waals surface area contributed by atoms with Crippen LogP contribution in [-0.4, -0.2) is 39.3 Å². The van der Waals surface area contributed by atoms with E-state index in [1.165, 1.54) is 12.3 Å². The highest BCUT2D eigenvalue weighted by Crippen LogP contribution is 2.10. The smallest absolute Gasteiger partial charge is 0.339 e. The number of rotatable bonds is 7. The Morgan fingerprint density at radius 3 is 3.19 bits per heavy atom. The van der Waals surface area contributed by atoms with E-state index in [4.69, 9.17) is 5.11 Å². The van der Waals surface area contributed by atoms with Crippen LogP contribution in [-0.2, 0) is 0 Å². The van der Waals surface area contributed by atoms with Gasteiger partial charge in [0.05, 0.1) is 6.20 Å². The summed E-state index contributed by atoms with van der Waals surface area (Å²) in [7, 11) is 0. The summed E-state index contributed by atoms with van der Waals surface area (Å²) in [6.07, 6.45) is 3.19. The van der Waals surface area contributed by atoms with Crippen molar-refractivity contribution < 1.29 is 9.90 Å². The second kappa shape index (κ2) is 6.84. The van der Waals surface area contributed by atoms with Gasteiger partial charge in [-0.15, -0.1) is 11.7 Å². The van der Waals surface area contributed by atoms with E-state index in [9.17, 15) is 4.79 Å². The Morgan fingerprint density at radius 2 is 2.50 bits per heavy atom. The van der Waals surface area contributed by atoms with Crippen molar-refractivity contribution in [2.45, 2.75) is 0 Å². The van der Waals surface area contributed by atoms with Gasteiger partial charge in [0, 0.05) is 18.1 Å². The molecule has 5 nitrogen and oxygen atoms in total. The third-order valence-corrected chi connectivity index (χ3v) is 2.69. The second-order valence-electron chi connectivity index (χ2n) is 2.89. The average Bonchev–Trinajstić information content (AvgIpc) is 2.29. The first-order valence-electron chi connectivity index (χ1n) is 4.73. The molecule has 0 saturated carbocycles.